The first-order chi connectivity index (χ1) is 20.3. The summed E-state index contributed by atoms with van der Waals surface area (Å²) in [6.07, 6.45) is 1.48. The highest BCUT2D eigenvalue weighted by Gasteiger charge is 2.40. The fraction of sp³-hybridized carbons (Fsp3) is 0.500. The molecule has 8 heteroatoms. The van der Waals surface area contributed by atoms with Gasteiger partial charge in [0.25, 0.3) is 0 Å². The van der Waals surface area contributed by atoms with Crippen molar-refractivity contribution in [3.63, 3.8) is 0 Å². The monoisotopic (exact) mass is 703 g/mol. The largest absolute Gasteiger partial charge is 0.544 e. The molecule has 0 aliphatic heterocycles. The van der Waals surface area contributed by atoms with Crippen molar-refractivity contribution < 1.29 is 17.6 Å². The smallest absolute Gasteiger partial charge is 0.250 e. The van der Waals surface area contributed by atoms with Crippen LogP contribution >= 0.6 is 15.9 Å². The maximum atomic E-state index is 13.9. The zero-order valence-corrected chi connectivity index (χ0v) is 31.8. The molecule has 0 saturated heterocycles. The van der Waals surface area contributed by atoms with Crippen molar-refractivity contribution in [2.45, 2.75) is 103 Å². The lowest BCUT2D eigenvalue weighted by Gasteiger charge is -2.40. The predicted octanol–water partition coefficient (Wildman–Crippen LogP) is 12.1. The number of halogens is 3. The molecule has 242 valence electrons. The molecule has 44 heavy (non-hydrogen) atoms. The number of anilines is 1. The molecule has 3 aromatic carbocycles. The lowest BCUT2D eigenvalue weighted by Crippen LogP contribution is -2.43. The summed E-state index contributed by atoms with van der Waals surface area (Å²) in [5.74, 6) is 0.553. The van der Waals surface area contributed by atoms with Gasteiger partial charge in [-0.25, -0.2) is 8.78 Å². The number of alkyl halides is 1. The molecule has 0 radical (unpaired) electrons. The summed E-state index contributed by atoms with van der Waals surface area (Å²) in [6, 6.07) is 21.6. The van der Waals surface area contributed by atoms with Crippen molar-refractivity contribution in [3.05, 3.63) is 95.6 Å². The van der Waals surface area contributed by atoms with Crippen LogP contribution in [0.1, 0.15) is 77.7 Å². The van der Waals surface area contributed by atoms with Crippen LogP contribution in [0.5, 0.6) is 5.75 Å². The lowest BCUT2D eigenvalue weighted by molar-refractivity contribution is 0.163. The third-order valence-electron chi connectivity index (χ3n) is 9.54. The second-order valence-corrected chi connectivity index (χ2v) is 25.1. The molecule has 0 unspecified atom stereocenters. The first-order valence-corrected chi connectivity index (χ1v) is 22.6. The van der Waals surface area contributed by atoms with Crippen LogP contribution < -0.4 is 9.74 Å². The van der Waals surface area contributed by atoms with E-state index >= 15 is 0 Å². The second kappa shape index (κ2) is 14.6. The fourth-order valence-corrected chi connectivity index (χ4v) is 7.64. The SMILES string of the molecule is CC(C)(C)[Si](C)(C)Oc1ccc([C@@H](Nc2ccc(F)cc2)[C@H](CBr)CC[C@H](O[Si](C)(C)C(C)(C)C)c2ccc(F)cc2)cc1. The van der Waals surface area contributed by atoms with Gasteiger partial charge in [0, 0.05) is 11.0 Å². The van der Waals surface area contributed by atoms with Gasteiger partial charge in [-0.2, -0.15) is 0 Å². The third kappa shape index (κ3) is 9.75. The Morgan fingerprint density at radius 1 is 0.682 bits per heavy atom. The molecule has 0 aromatic heterocycles. The minimum atomic E-state index is -2.11. The first-order valence-electron chi connectivity index (χ1n) is 15.6. The van der Waals surface area contributed by atoms with Crippen molar-refractivity contribution in [1.29, 1.82) is 0 Å². The zero-order chi connectivity index (χ0) is 32.9. The zero-order valence-electron chi connectivity index (χ0n) is 28.2. The molecule has 1 N–H and O–H groups in total. The Hall–Kier alpha value is -2.01. The Kier molecular flexibility index (Phi) is 12.1. The van der Waals surface area contributed by atoms with Crippen LogP contribution in [0.2, 0.25) is 36.3 Å². The van der Waals surface area contributed by atoms with E-state index in [1.54, 1.807) is 12.1 Å². The van der Waals surface area contributed by atoms with E-state index in [9.17, 15) is 8.78 Å². The Balaban J connectivity index is 1.92. The van der Waals surface area contributed by atoms with Gasteiger partial charge < -0.3 is 14.2 Å². The summed E-state index contributed by atoms with van der Waals surface area (Å²) in [5, 5.41) is 4.60. The summed E-state index contributed by atoms with van der Waals surface area (Å²) in [6.45, 7) is 22.5. The van der Waals surface area contributed by atoms with Crippen LogP contribution in [0, 0.1) is 17.6 Å². The highest BCUT2D eigenvalue weighted by atomic mass is 79.9. The normalized spacial score (nSPS) is 15.0. The maximum Gasteiger partial charge on any atom is 0.250 e. The van der Waals surface area contributed by atoms with Crippen molar-refractivity contribution >= 4 is 38.3 Å². The molecular formula is C36H52BrF2NO2Si2. The van der Waals surface area contributed by atoms with Gasteiger partial charge >= 0.3 is 0 Å². The number of hydrogen-bond donors (Lipinski definition) is 1. The summed E-state index contributed by atoms with van der Waals surface area (Å²) >= 11 is 3.82. The first kappa shape index (κ1) is 36.5. The molecule has 0 bridgehead atoms. The molecule has 3 atom stereocenters. The van der Waals surface area contributed by atoms with E-state index in [4.69, 9.17) is 8.85 Å². The molecule has 0 aliphatic rings. The molecule has 0 saturated carbocycles. The number of benzene rings is 3. The molecule has 0 heterocycles. The van der Waals surface area contributed by atoms with Crippen molar-refractivity contribution in [2.24, 2.45) is 5.92 Å². The average molecular weight is 705 g/mol. The Bertz CT molecular complexity index is 1320. The predicted molar refractivity (Wildman–Crippen MR) is 191 cm³/mol. The van der Waals surface area contributed by atoms with E-state index in [1.165, 1.54) is 24.3 Å². The van der Waals surface area contributed by atoms with Crippen molar-refractivity contribution in [1.82, 2.24) is 0 Å². The third-order valence-corrected chi connectivity index (χ3v) is 19.2. The molecule has 3 rings (SSSR count). The van der Waals surface area contributed by atoms with Crippen LogP contribution in [-0.2, 0) is 4.43 Å². The molecule has 0 fully saturated rings. The van der Waals surface area contributed by atoms with E-state index < -0.39 is 16.6 Å². The van der Waals surface area contributed by atoms with E-state index in [2.05, 4.69) is 113 Å². The molecule has 3 nitrogen and oxygen atoms in total. The molecular weight excluding hydrogens is 652 g/mol. The molecule has 3 aromatic rings. The van der Waals surface area contributed by atoms with Crippen LogP contribution in [0.15, 0.2) is 72.8 Å². The van der Waals surface area contributed by atoms with Crippen LogP contribution in [0.25, 0.3) is 0 Å². The summed E-state index contributed by atoms with van der Waals surface area (Å²) in [5.41, 5.74) is 2.99. The molecule has 0 spiro atoms. The highest BCUT2D eigenvalue weighted by Crippen LogP contribution is 2.43. The van der Waals surface area contributed by atoms with Gasteiger partial charge in [-0.1, -0.05) is 81.7 Å². The fourth-order valence-electron chi connectivity index (χ4n) is 4.59. The van der Waals surface area contributed by atoms with Gasteiger partial charge in [0.2, 0.25) is 8.32 Å². The van der Waals surface area contributed by atoms with Gasteiger partial charge in [-0.05, 0) is 115 Å². The Morgan fingerprint density at radius 3 is 1.64 bits per heavy atom. The topological polar surface area (TPSA) is 30.5 Å². The van der Waals surface area contributed by atoms with Gasteiger partial charge in [0.05, 0.1) is 12.1 Å². The number of nitrogens with one attached hydrogen (secondary N) is 1. The standard InChI is InChI=1S/C36H52BrF2NO2Si2/c1-35(2,3)43(7,8)41-32-22-13-27(14-23-32)34(40-31-20-18-30(39)19-21-31)28(25-37)15-24-33(26-11-16-29(38)17-12-26)42-44(9,10)36(4,5)6/h11-14,16-23,28,33-34,40H,15,24-25H2,1-10H3/t28-,33-,34+/m0/s1. The van der Waals surface area contributed by atoms with Crippen molar-refractivity contribution in [3.8, 4) is 5.75 Å². The Labute approximate surface area is 275 Å². The summed E-state index contributed by atoms with van der Waals surface area (Å²) < 4.78 is 41.2. The Morgan fingerprint density at radius 2 is 1.16 bits per heavy atom. The van der Waals surface area contributed by atoms with Gasteiger partial charge in [-0.3, -0.25) is 0 Å². The van der Waals surface area contributed by atoms with Crippen molar-refractivity contribution in [2.75, 3.05) is 10.6 Å². The van der Waals surface area contributed by atoms with E-state index in [-0.39, 0.29) is 39.8 Å². The van der Waals surface area contributed by atoms with E-state index in [1.807, 2.05) is 12.1 Å². The van der Waals surface area contributed by atoms with Gasteiger partial charge in [0.1, 0.15) is 17.4 Å². The minimum Gasteiger partial charge on any atom is -0.544 e. The average Bonchev–Trinajstić information content (AvgIpc) is 2.92. The highest BCUT2D eigenvalue weighted by molar-refractivity contribution is 9.09. The van der Waals surface area contributed by atoms with E-state index in [0.29, 0.717) is 0 Å². The van der Waals surface area contributed by atoms with Gasteiger partial charge in [0.15, 0.2) is 8.32 Å². The maximum absolute atomic E-state index is 13.9. The van der Waals surface area contributed by atoms with Crippen LogP contribution in [-0.4, -0.2) is 22.0 Å². The van der Waals surface area contributed by atoms with Crippen LogP contribution in [0.3, 0.4) is 0 Å². The van der Waals surface area contributed by atoms with Gasteiger partial charge in [-0.15, -0.1) is 0 Å². The number of rotatable bonds is 13. The summed E-state index contributed by atoms with van der Waals surface area (Å²) in [7, 11) is -4.08. The molecule has 0 aliphatic carbocycles. The quantitative estimate of drug-likeness (QED) is 0.142. The molecule has 0 amide bonds. The van der Waals surface area contributed by atoms with Crippen LogP contribution in [0.4, 0.5) is 14.5 Å². The lowest BCUT2D eigenvalue weighted by atomic mass is 9.88. The van der Waals surface area contributed by atoms with E-state index in [0.717, 1.165) is 40.7 Å². The minimum absolute atomic E-state index is 0.0427. The summed E-state index contributed by atoms with van der Waals surface area (Å²) in [4.78, 5) is 0. The second-order valence-electron chi connectivity index (χ2n) is 15.0. The number of hydrogen-bond acceptors (Lipinski definition) is 3.